The van der Waals surface area contributed by atoms with Gasteiger partial charge in [-0.2, -0.15) is 0 Å². The largest absolute Gasteiger partial charge is 0.242 e. The molecule has 2 N–H and O–H groups in total. The van der Waals surface area contributed by atoms with E-state index in [2.05, 4.69) is 31.9 Å². The molecule has 0 fully saturated rings. The highest BCUT2D eigenvalue weighted by molar-refractivity contribution is 9.11. The molecule has 0 saturated carbocycles. The lowest BCUT2D eigenvalue weighted by molar-refractivity contribution is 0.545. The molecule has 0 bridgehead atoms. The van der Waals surface area contributed by atoms with Crippen LogP contribution in [0.4, 0.5) is 8.78 Å². The van der Waals surface area contributed by atoms with Gasteiger partial charge in [0, 0.05) is 0 Å². The van der Waals surface area contributed by atoms with E-state index in [0.717, 1.165) is 0 Å². The normalized spacial score (nSPS) is 11.8. The summed E-state index contributed by atoms with van der Waals surface area (Å²) in [4.78, 5) is -0.891. The summed E-state index contributed by atoms with van der Waals surface area (Å²) in [5, 5.41) is 4.70. The van der Waals surface area contributed by atoms with Crippen LogP contribution in [0.25, 0.3) is 0 Å². The van der Waals surface area contributed by atoms with Crippen LogP contribution in [0.3, 0.4) is 0 Å². The van der Waals surface area contributed by atoms with E-state index in [1.165, 1.54) is 0 Å². The van der Waals surface area contributed by atoms with E-state index in [9.17, 15) is 17.2 Å². The molecule has 14 heavy (non-hydrogen) atoms. The fraction of sp³-hybridized carbons (Fsp3) is 0. The van der Waals surface area contributed by atoms with Gasteiger partial charge in [0.1, 0.15) is 10.7 Å². The van der Waals surface area contributed by atoms with Crippen LogP contribution in [-0.4, -0.2) is 8.42 Å². The van der Waals surface area contributed by atoms with Crippen LogP contribution in [0.5, 0.6) is 0 Å². The predicted octanol–water partition coefficient (Wildman–Crippen LogP) is 2.14. The lowest BCUT2D eigenvalue weighted by atomic mass is 10.3. The van der Waals surface area contributed by atoms with Crippen LogP contribution in [0, 0.1) is 11.6 Å². The molecule has 0 aliphatic carbocycles. The smallest absolute Gasteiger partial charge is 0.224 e. The number of hydrogen-bond acceptors (Lipinski definition) is 2. The molecule has 0 aliphatic rings. The molecular formula is C6H3Br2F2NO2S. The number of nitrogens with two attached hydrogens (primary N) is 1. The first kappa shape index (κ1) is 12.0. The zero-order valence-corrected chi connectivity index (χ0v) is 10.4. The number of benzene rings is 1. The van der Waals surface area contributed by atoms with Crippen molar-refractivity contribution < 1.29 is 17.2 Å². The Kier molecular flexibility index (Phi) is 3.30. The van der Waals surface area contributed by atoms with Crippen LogP contribution < -0.4 is 5.14 Å². The van der Waals surface area contributed by atoms with Crippen molar-refractivity contribution in [2.24, 2.45) is 5.14 Å². The van der Waals surface area contributed by atoms with Crippen molar-refractivity contribution in [1.82, 2.24) is 0 Å². The van der Waals surface area contributed by atoms with Gasteiger partial charge in [0.05, 0.1) is 8.95 Å². The monoisotopic (exact) mass is 349 g/mol. The number of primary sulfonamides is 1. The first-order valence-electron chi connectivity index (χ1n) is 3.11. The summed E-state index contributed by atoms with van der Waals surface area (Å²) < 4.78 is 47.2. The molecule has 1 aromatic carbocycles. The molecule has 0 saturated heterocycles. The Hall–Kier alpha value is -0.0500. The number of hydrogen-bond donors (Lipinski definition) is 1. The second-order valence-corrected chi connectivity index (χ2v) is 5.49. The Labute approximate surface area is 95.6 Å². The van der Waals surface area contributed by atoms with Crippen molar-refractivity contribution >= 4 is 41.9 Å². The fourth-order valence-corrected chi connectivity index (χ4v) is 3.23. The first-order chi connectivity index (χ1) is 6.25. The number of halogens is 4. The summed E-state index contributed by atoms with van der Waals surface area (Å²) in [5.41, 5.74) is 0. The molecule has 0 aromatic heterocycles. The summed E-state index contributed by atoms with van der Waals surface area (Å²) in [6.45, 7) is 0. The molecule has 1 rings (SSSR count). The van der Waals surface area contributed by atoms with Gasteiger partial charge in [-0.1, -0.05) is 0 Å². The highest BCUT2D eigenvalue weighted by Gasteiger charge is 2.23. The SMILES string of the molecule is NS(=O)(=O)c1c(F)cc(Br)c(F)c1Br. The van der Waals surface area contributed by atoms with Crippen LogP contribution in [0.2, 0.25) is 0 Å². The van der Waals surface area contributed by atoms with Gasteiger partial charge in [0.25, 0.3) is 0 Å². The van der Waals surface area contributed by atoms with Crippen LogP contribution in [-0.2, 0) is 10.0 Å². The highest BCUT2D eigenvalue weighted by atomic mass is 79.9. The summed E-state index contributed by atoms with van der Waals surface area (Å²) in [7, 11) is -4.29. The van der Waals surface area contributed by atoms with E-state index in [0.29, 0.717) is 6.07 Å². The van der Waals surface area contributed by atoms with Crippen molar-refractivity contribution in [2.75, 3.05) is 0 Å². The summed E-state index contributed by atoms with van der Waals surface area (Å²) in [5.74, 6) is -2.04. The second-order valence-electron chi connectivity index (χ2n) is 2.34. The minimum absolute atomic E-state index is 0.186. The Morgan fingerprint density at radius 3 is 2.21 bits per heavy atom. The number of sulfonamides is 1. The minimum atomic E-state index is -4.29. The van der Waals surface area contributed by atoms with E-state index in [1.54, 1.807) is 0 Å². The van der Waals surface area contributed by atoms with Crippen molar-refractivity contribution in [3.05, 3.63) is 26.6 Å². The fourth-order valence-electron chi connectivity index (χ4n) is 0.810. The van der Waals surface area contributed by atoms with E-state index in [4.69, 9.17) is 5.14 Å². The second kappa shape index (κ2) is 3.84. The molecule has 0 spiro atoms. The lowest BCUT2D eigenvalue weighted by Crippen LogP contribution is -2.15. The Morgan fingerprint density at radius 2 is 1.79 bits per heavy atom. The van der Waals surface area contributed by atoms with Crippen molar-refractivity contribution in [3.63, 3.8) is 0 Å². The molecular weight excluding hydrogens is 348 g/mol. The number of rotatable bonds is 1. The summed E-state index contributed by atoms with van der Waals surface area (Å²) in [6, 6.07) is 0.694. The standard InChI is InChI=1S/C6H3Br2F2NO2S/c7-2-1-3(9)6(14(11,12)13)4(8)5(2)10/h1H,(H2,11,12,13). The molecule has 1 aromatic rings. The molecule has 0 unspecified atom stereocenters. The molecule has 3 nitrogen and oxygen atoms in total. The maximum absolute atomic E-state index is 13.1. The van der Waals surface area contributed by atoms with Crippen LogP contribution >= 0.6 is 31.9 Å². The average molecular weight is 351 g/mol. The van der Waals surface area contributed by atoms with Gasteiger partial charge in [-0.25, -0.2) is 22.3 Å². The molecule has 78 valence electrons. The Bertz CT molecular complexity index is 489. The van der Waals surface area contributed by atoms with Gasteiger partial charge in [0.2, 0.25) is 10.0 Å². The van der Waals surface area contributed by atoms with Crippen molar-refractivity contribution in [3.8, 4) is 0 Å². The third-order valence-electron chi connectivity index (χ3n) is 1.36. The Morgan fingerprint density at radius 1 is 1.29 bits per heavy atom. The minimum Gasteiger partial charge on any atom is -0.224 e. The third-order valence-corrected chi connectivity index (χ3v) is 3.91. The molecule has 0 heterocycles. The van der Waals surface area contributed by atoms with Gasteiger partial charge in [-0.15, -0.1) is 0 Å². The van der Waals surface area contributed by atoms with Gasteiger partial charge >= 0.3 is 0 Å². The Balaban J connectivity index is 3.70. The van der Waals surface area contributed by atoms with E-state index in [1.807, 2.05) is 0 Å². The molecule has 8 heteroatoms. The van der Waals surface area contributed by atoms with Crippen molar-refractivity contribution in [2.45, 2.75) is 4.90 Å². The summed E-state index contributed by atoms with van der Waals surface area (Å²) in [6.07, 6.45) is 0. The maximum atomic E-state index is 13.1. The summed E-state index contributed by atoms with van der Waals surface area (Å²) >= 11 is 5.33. The van der Waals surface area contributed by atoms with E-state index >= 15 is 0 Å². The van der Waals surface area contributed by atoms with Gasteiger partial charge < -0.3 is 0 Å². The maximum Gasteiger partial charge on any atom is 0.242 e. The molecule has 0 amide bonds. The van der Waals surface area contributed by atoms with E-state index < -0.39 is 31.0 Å². The zero-order chi connectivity index (χ0) is 11.1. The molecule has 0 aliphatic heterocycles. The first-order valence-corrected chi connectivity index (χ1v) is 6.24. The molecule has 0 radical (unpaired) electrons. The van der Waals surface area contributed by atoms with Crippen LogP contribution in [0.1, 0.15) is 0 Å². The quantitative estimate of drug-likeness (QED) is 0.623. The van der Waals surface area contributed by atoms with Gasteiger partial charge in [-0.05, 0) is 37.9 Å². The van der Waals surface area contributed by atoms with Gasteiger partial charge in [0.15, 0.2) is 5.82 Å². The van der Waals surface area contributed by atoms with Crippen molar-refractivity contribution in [1.29, 1.82) is 0 Å². The van der Waals surface area contributed by atoms with Crippen LogP contribution in [0.15, 0.2) is 19.9 Å². The average Bonchev–Trinajstić information content (AvgIpc) is 1.97. The molecule has 0 atom stereocenters. The highest BCUT2D eigenvalue weighted by Crippen LogP contribution is 2.31. The lowest BCUT2D eigenvalue weighted by Gasteiger charge is -2.05. The zero-order valence-electron chi connectivity index (χ0n) is 6.39. The third kappa shape index (κ3) is 2.13. The van der Waals surface area contributed by atoms with E-state index in [-0.39, 0.29) is 4.47 Å². The predicted molar refractivity (Wildman–Crippen MR) is 53.1 cm³/mol. The van der Waals surface area contributed by atoms with Gasteiger partial charge in [-0.3, -0.25) is 0 Å². The topological polar surface area (TPSA) is 60.2 Å².